The van der Waals surface area contributed by atoms with Gasteiger partial charge >= 0.3 is 0 Å². The maximum Gasteiger partial charge on any atom is 0.113 e. The number of rotatable bonds is 4. The minimum absolute atomic E-state index is 0.132. The van der Waals surface area contributed by atoms with Gasteiger partial charge in [-0.1, -0.05) is 27.2 Å². The van der Waals surface area contributed by atoms with E-state index in [2.05, 4.69) is 38.4 Å². The van der Waals surface area contributed by atoms with Gasteiger partial charge < -0.3 is 5.32 Å². The lowest BCUT2D eigenvalue weighted by molar-refractivity contribution is 0.118. The van der Waals surface area contributed by atoms with Crippen LogP contribution in [-0.2, 0) is 5.54 Å². The third-order valence-corrected chi connectivity index (χ3v) is 5.43. The smallest absolute Gasteiger partial charge is 0.113 e. The van der Waals surface area contributed by atoms with E-state index >= 15 is 0 Å². The predicted octanol–water partition coefficient (Wildman–Crippen LogP) is 4.10. The highest BCUT2D eigenvalue weighted by molar-refractivity contribution is 7.09. The standard InChI is InChI=1S/C15H26N2S/c1-5-8-16-15(14-17-13(4)10-18-14)9-11(2)6-7-12(15)3/h10-12,16H,5-9H2,1-4H3. The third kappa shape index (κ3) is 2.62. The maximum absolute atomic E-state index is 4.80. The summed E-state index contributed by atoms with van der Waals surface area (Å²) in [4.78, 5) is 4.80. The van der Waals surface area contributed by atoms with Gasteiger partial charge in [0.1, 0.15) is 5.01 Å². The molecular weight excluding hydrogens is 240 g/mol. The van der Waals surface area contributed by atoms with Crippen molar-refractivity contribution in [3.05, 3.63) is 16.1 Å². The molecule has 0 amide bonds. The molecule has 3 atom stereocenters. The van der Waals surface area contributed by atoms with E-state index in [1.807, 2.05) is 11.3 Å². The molecule has 0 aliphatic heterocycles. The van der Waals surface area contributed by atoms with Crippen LogP contribution in [0.15, 0.2) is 5.38 Å². The molecule has 2 rings (SSSR count). The van der Waals surface area contributed by atoms with E-state index in [9.17, 15) is 0 Å². The van der Waals surface area contributed by atoms with Crippen molar-refractivity contribution in [2.75, 3.05) is 6.54 Å². The van der Waals surface area contributed by atoms with Crippen LogP contribution in [0.5, 0.6) is 0 Å². The number of hydrogen-bond acceptors (Lipinski definition) is 3. The summed E-state index contributed by atoms with van der Waals surface area (Å²) < 4.78 is 0. The van der Waals surface area contributed by atoms with Gasteiger partial charge in [-0.15, -0.1) is 11.3 Å². The van der Waals surface area contributed by atoms with E-state index in [0.29, 0.717) is 5.92 Å². The van der Waals surface area contributed by atoms with Crippen LogP contribution in [-0.4, -0.2) is 11.5 Å². The zero-order chi connectivity index (χ0) is 13.2. The van der Waals surface area contributed by atoms with E-state index < -0.39 is 0 Å². The second-order valence-corrected chi connectivity index (χ2v) is 6.84. The number of nitrogens with zero attached hydrogens (tertiary/aromatic N) is 1. The first kappa shape index (κ1) is 14.0. The largest absolute Gasteiger partial charge is 0.305 e. The van der Waals surface area contributed by atoms with Crippen LogP contribution in [0, 0.1) is 18.8 Å². The van der Waals surface area contributed by atoms with Crippen LogP contribution in [0.4, 0.5) is 0 Å². The van der Waals surface area contributed by atoms with Crippen LogP contribution in [0.3, 0.4) is 0 Å². The first-order valence-electron chi connectivity index (χ1n) is 7.26. The van der Waals surface area contributed by atoms with Gasteiger partial charge in [0.2, 0.25) is 0 Å². The molecule has 1 aliphatic carbocycles. The molecule has 1 heterocycles. The molecule has 1 aliphatic rings. The predicted molar refractivity (Wildman–Crippen MR) is 79.0 cm³/mol. The SMILES string of the molecule is CCCNC1(c2nc(C)cs2)CC(C)CCC1C. The van der Waals surface area contributed by atoms with Gasteiger partial charge in [-0.3, -0.25) is 0 Å². The molecule has 0 aromatic carbocycles. The Bertz CT molecular complexity index is 388. The van der Waals surface area contributed by atoms with Crippen molar-refractivity contribution >= 4 is 11.3 Å². The number of aryl methyl sites for hydroxylation is 1. The number of hydrogen-bond donors (Lipinski definition) is 1. The normalized spacial score (nSPS) is 32.7. The van der Waals surface area contributed by atoms with Crippen LogP contribution < -0.4 is 5.32 Å². The average Bonchev–Trinajstić information content (AvgIpc) is 2.78. The Hall–Kier alpha value is -0.410. The van der Waals surface area contributed by atoms with Gasteiger partial charge in [-0.05, 0) is 44.6 Å². The lowest BCUT2D eigenvalue weighted by atomic mass is 9.70. The topological polar surface area (TPSA) is 24.9 Å². The quantitative estimate of drug-likeness (QED) is 0.887. The fourth-order valence-electron chi connectivity index (χ4n) is 3.16. The van der Waals surface area contributed by atoms with Crippen molar-refractivity contribution in [1.29, 1.82) is 0 Å². The molecule has 1 N–H and O–H groups in total. The summed E-state index contributed by atoms with van der Waals surface area (Å²) in [5.41, 5.74) is 1.30. The van der Waals surface area contributed by atoms with Crippen molar-refractivity contribution < 1.29 is 0 Å². The van der Waals surface area contributed by atoms with E-state index in [0.717, 1.165) is 18.2 Å². The summed E-state index contributed by atoms with van der Waals surface area (Å²) in [6.45, 7) is 10.2. The number of thiazole rings is 1. The van der Waals surface area contributed by atoms with Gasteiger partial charge in [-0.25, -0.2) is 4.98 Å². The van der Waals surface area contributed by atoms with Crippen molar-refractivity contribution in [1.82, 2.24) is 10.3 Å². The third-order valence-electron chi connectivity index (χ3n) is 4.30. The van der Waals surface area contributed by atoms with E-state index in [1.165, 1.54) is 30.7 Å². The molecule has 3 heteroatoms. The van der Waals surface area contributed by atoms with E-state index in [-0.39, 0.29) is 5.54 Å². The highest BCUT2D eigenvalue weighted by Gasteiger charge is 2.43. The van der Waals surface area contributed by atoms with Gasteiger partial charge in [0, 0.05) is 11.1 Å². The Kier molecular flexibility index (Phi) is 4.44. The van der Waals surface area contributed by atoms with Gasteiger partial charge in [0.25, 0.3) is 0 Å². The van der Waals surface area contributed by atoms with Crippen LogP contribution in [0.1, 0.15) is 57.2 Å². The second kappa shape index (κ2) is 5.70. The highest BCUT2D eigenvalue weighted by Crippen LogP contribution is 2.44. The minimum atomic E-state index is 0.132. The van der Waals surface area contributed by atoms with E-state index in [1.54, 1.807) is 0 Å². The molecule has 18 heavy (non-hydrogen) atoms. The fourth-order valence-corrected chi connectivity index (χ4v) is 4.26. The van der Waals surface area contributed by atoms with Crippen molar-refractivity contribution in [3.8, 4) is 0 Å². The van der Waals surface area contributed by atoms with Crippen LogP contribution in [0.2, 0.25) is 0 Å². The molecule has 0 bridgehead atoms. The highest BCUT2D eigenvalue weighted by atomic mass is 32.1. The van der Waals surface area contributed by atoms with Crippen molar-refractivity contribution in [2.24, 2.45) is 11.8 Å². The van der Waals surface area contributed by atoms with Crippen LogP contribution in [0.25, 0.3) is 0 Å². The summed E-state index contributed by atoms with van der Waals surface area (Å²) in [7, 11) is 0. The first-order chi connectivity index (χ1) is 8.58. The van der Waals surface area contributed by atoms with E-state index in [4.69, 9.17) is 4.98 Å². The fraction of sp³-hybridized carbons (Fsp3) is 0.800. The average molecular weight is 266 g/mol. The Morgan fingerprint density at radius 1 is 1.44 bits per heavy atom. The zero-order valence-electron chi connectivity index (χ0n) is 12.1. The molecule has 0 radical (unpaired) electrons. The van der Waals surface area contributed by atoms with Gasteiger partial charge in [0.15, 0.2) is 0 Å². The Labute approximate surface area is 115 Å². The molecule has 0 spiro atoms. The summed E-state index contributed by atoms with van der Waals surface area (Å²) in [5, 5.41) is 7.35. The number of nitrogens with one attached hydrogen (secondary N) is 1. The van der Waals surface area contributed by atoms with Crippen molar-refractivity contribution in [2.45, 2.75) is 58.9 Å². The monoisotopic (exact) mass is 266 g/mol. The molecule has 0 saturated heterocycles. The minimum Gasteiger partial charge on any atom is -0.305 e. The first-order valence-corrected chi connectivity index (χ1v) is 8.14. The Morgan fingerprint density at radius 2 is 2.22 bits per heavy atom. The molecule has 1 aromatic heterocycles. The zero-order valence-corrected chi connectivity index (χ0v) is 12.9. The Balaban J connectivity index is 2.32. The maximum atomic E-state index is 4.80. The molecule has 2 nitrogen and oxygen atoms in total. The van der Waals surface area contributed by atoms with Crippen LogP contribution >= 0.6 is 11.3 Å². The molecule has 102 valence electrons. The second-order valence-electron chi connectivity index (χ2n) is 5.98. The Morgan fingerprint density at radius 3 is 2.83 bits per heavy atom. The summed E-state index contributed by atoms with van der Waals surface area (Å²) >= 11 is 1.84. The lowest BCUT2D eigenvalue weighted by Gasteiger charge is -2.44. The van der Waals surface area contributed by atoms with Gasteiger partial charge in [-0.2, -0.15) is 0 Å². The van der Waals surface area contributed by atoms with Gasteiger partial charge in [0.05, 0.1) is 5.54 Å². The molecule has 1 saturated carbocycles. The summed E-state index contributed by atoms with van der Waals surface area (Å²) in [6.07, 6.45) is 5.10. The number of aromatic nitrogens is 1. The molecular formula is C15H26N2S. The summed E-state index contributed by atoms with van der Waals surface area (Å²) in [6, 6.07) is 0. The molecule has 1 fully saturated rings. The van der Waals surface area contributed by atoms with Crippen molar-refractivity contribution in [3.63, 3.8) is 0 Å². The molecule has 3 unspecified atom stereocenters. The molecule has 1 aromatic rings. The lowest BCUT2D eigenvalue weighted by Crippen LogP contribution is -2.51. The summed E-state index contributed by atoms with van der Waals surface area (Å²) in [5.74, 6) is 1.49.